The summed E-state index contributed by atoms with van der Waals surface area (Å²) in [6, 6.07) is 18.4. The Morgan fingerprint density at radius 1 is 1.00 bits per heavy atom. The van der Waals surface area contributed by atoms with Crippen molar-refractivity contribution in [2.45, 2.75) is 26.4 Å². The summed E-state index contributed by atoms with van der Waals surface area (Å²) in [5.74, 6) is 1.59. The van der Waals surface area contributed by atoms with E-state index in [0.717, 1.165) is 35.7 Å². The minimum Gasteiger partial charge on any atom is -0.441 e. The molecule has 0 radical (unpaired) electrons. The highest BCUT2D eigenvalue weighted by molar-refractivity contribution is 5.82. The second-order valence-electron chi connectivity index (χ2n) is 7.37. The zero-order valence-corrected chi connectivity index (χ0v) is 16.6. The van der Waals surface area contributed by atoms with Crippen molar-refractivity contribution >= 4 is 5.91 Å². The number of hydrogen-bond acceptors (Lipinski definition) is 4. The number of nitrogens with zero attached hydrogens (tertiary/aromatic N) is 3. The molecule has 0 N–H and O–H groups in total. The zero-order chi connectivity index (χ0) is 19.7. The lowest BCUT2D eigenvalue weighted by Crippen LogP contribution is -2.53. The van der Waals surface area contributed by atoms with Gasteiger partial charge in [-0.3, -0.25) is 9.69 Å². The largest absolute Gasteiger partial charge is 0.441 e. The Balaban J connectivity index is 1.52. The Morgan fingerprint density at radius 2 is 1.64 bits per heavy atom. The minimum atomic E-state index is -0.136. The second-order valence-corrected chi connectivity index (χ2v) is 7.37. The van der Waals surface area contributed by atoms with Crippen LogP contribution in [-0.4, -0.2) is 46.9 Å². The highest BCUT2D eigenvalue weighted by Gasteiger charge is 2.30. The van der Waals surface area contributed by atoms with Crippen LogP contribution in [0.3, 0.4) is 0 Å². The molecule has 2 heterocycles. The molecular formula is C23H25N3O2. The number of piperazine rings is 1. The quantitative estimate of drug-likeness (QED) is 0.692. The number of likely N-dealkylation sites (N-methyl/N-ethyl adjacent to an activating group) is 1. The maximum absolute atomic E-state index is 12.2. The summed E-state index contributed by atoms with van der Waals surface area (Å²) >= 11 is 0. The third-order valence-electron chi connectivity index (χ3n) is 5.49. The molecule has 0 spiro atoms. The van der Waals surface area contributed by atoms with Crippen LogP contribution in [0.1, 0.15) is 18.4 Å². The van der Waals surface area contributed by atoms with Gasteiger partial charge in [0.15, 0.2) is 0 Å². The fourth-order valence-corrected chi connectivity index (χ4v) is 3.60. The summed E-state index contributed by atoms with van der Waals surface area (Å²) in [5, 5.41) is 0. The van der Waals surface area contributed by atoms with E-state index in [9.17, 15) is 4.79 Å². The Hall–Kier alpha value is -2.92. The molecule has 1 atom stereocenters. The molecule has 4 rings (SSSR count). The number of oxazole rings is 1. The molecule has 3 aromatic rings. The van der Waals surface area contributed by atoms with Gasteiger partial charge in [-0.2, -0.15) is 0 Å². The summed E-state index contributed by atoms with van der Waals surface area (Å²) in [5.41, 5.74) is 4.20. The van der Waals surface area contributed by atoms with E-state index >= 15 is 0 Å². The SMILES string of the molecule is Cc1oc(-c2ccc(-c3ccccc3)cc2)nc1CN1CCN(C)C(=O)[C@@H]1C. The zero-order valence-electron chi connectivity index (χ0n) is 16.6. The molecule has 1 amide bonds. The van der Waals surface area contributed by atoms with E-state index in [4.69, 9.17) is 9.40 Å². The summed E-state index contributed by atoms with van der Waals surface area (Å²) < 4.78 is 5.94. The van der Waals surface area contributed by atoms with E-state index < -0.39 is 0 Å². The molecule has 0 saturated carbocycles. The fourth-order valence-electron chi connectivity index (χ4n) is 3.60. The highest BCUT2D eigenvalue weighted by atomic mass is 16.4. The van der Waals surface area contributed by atoms with Crippen LogP contribution in [-0.2, 0) is 11.3 Å². The normalized spacial score (nSPS) is 17.9. The van der Waals surface area contributed by atoms with Crippen LogP contribution in [0.4, 0.5) is 0 Å². The number of aromatic nitrogens is 1. The van der Waals surface area contributed by atoms with Crippen molar-refractivity contribution in [1.29, 1.82) is 0 Å². The third kappa shape index (κ3) is 3.58. The Kier molecular flexibility index (Phi) is 5.01. The molecule has 1 aromatic heterocycles. The van der Waals surface area contributed by atoms with Gasteiger partial charge < -0.3 is 9.32 Å². The van der Waals surface area contributed by atoms with Crippen molar-refractivity contribution < 1.29 is 9.21 Å². The summed E-state index contributed by atoms with van der Waals surface area (Å²) in [4.78, 5) is 20.9. The van der Waals surface area contributed by atoms with E-state index in [1.807, 2.05) is 51.2 Å². The van der Waals surface area contributed by atoms with Crippen LogP contribution in [0, 0.1) is 6.92 Å². The van der Waals surface area contributed by atoms with Crippen LogP contribution in [0.15, 0.2) is 59.0 Å². The van der Waals surface area contributed by atoms with E-state index in [2.05, 4.69) is 29.2 Å². The molecule has 0 unspecified atom stereocenters. The number of amides is 1. The van der Waals surface area contributed by atoms with Gasteiger partial charge in [-0.05, 0) is 37.1 Å². The molecule has 0 bridgehead atoms. The lowest BCUT2D eigenvalue weighted by atomic mass is 10.0. The molecule has 1 aliphatic rings. The molecule has 5 heteroatoms. The van der Waals surface area contributed by atoms with Crippen molar-refractivity contribution in [3.63, 3.8) is 0 Å². The van der Waals surface area contributed by atoms with Gasteiger partial charge in [0.25, 0.3) is 0 Å². The van der Waals surface area contributed by atoms with Crippen LogP contribution in [0.2, 0.25) is 0 Å². The van der Waals surface area contributed by atoms with Gasteiger partial charge >= 0.3 is 0 Å². The van der Waals surface area contributed by atoms with Gasteiger partial charge in [0.05, 0.1) is 11.7 Å². The number of carbonyl (C=O) groups excluding carboxylic acids is 1. The van der Waals surface area contributed by atoms with Gasteiger partial charge in [-0.1, -0.05) is 42.5 Å². The smallest absolute Gasteiger partial charge is 0.239 e. The molecule has 144 valence electrons. The van der Waals surface area contributed by atoms with Crippen molar-refractivity contribution in [2.24, 2.45) is 0 Å². The lowest BCUT2D eigenvalue weighted by molar-refractivity contribution is -0.139. The lowest BCUT2D eigenvalue weighted by Gasteiger charge is -2.36. The van der Waals surface area contributed by atoms with E-state index in [1.54, 1.807) is 4.90 Å². The number of carbonyl (C=O) groups is 1. The summed E-state index contributed by atoms with van der Waals surface area (Å²) in [6.07, 6.45) is 0. The van der Waals surface area contributed by atoms with Crippen molar-refractivity contribution in [1.82, 2.24) is 14.8 Å². The van der Waals surface area contributed by atoms with Crippen molar-refractivity contribution in [3.05, 3.63) is 66.1 Å². The van der Waals surface area contributed by atoms with Crippen LogP contribution < -0.4 is 0 Å². The first-order valence-electron chi connectivity index (χ1n) is 9.64. The molecule has 0 aliphatic carbocycles. The number of hydrogen-bond donors (Lipinski definition) is 0. The molecule has 1 aliphatic heterocycles. The first-order valence-corrected chi connectivity index (χ1v) is 9.64. The molecule has 2 aromatic carbocycles. The first kappa shape index (κ1) is 18.4. The number of aryl methyl sites for hydroxylation is 1. The summed E-state index contributed by atoms with van der Waals surface area (Å²) in [6.45, 7) is 6.10. The van der Waals surface area contributed by atoms with Gasteiger partial charge in [-0.15, -0.1) is 0 Å². The van der Waals surface area contributed by atoms with Crippen molar-refractivity contribution in [2.75, 3.05) is 20.1 Å². The van der Waals surface area contributed by atoms with Crippen molar-refractivity contribution in [3.8, 4) is 22.6 Å². The van der Waals surface area contributed by atoms with Gasteiger partial charge in [-0.25, -0.2) is 4.98 Å². The van der Waals surface area contributed by atoms with Crippen LogP contribution >= 0.6 is 0 Å². The average Bonchev–Trinajstić information content (AvgIpc) is 3.09. The fraction of sp³-hybridized carbons (Fsp3) is 0.304. The van der Waals surface area contributed by atoms with E-state index in [-0.39, 0.29) is 11.9 Å². The summed E-state index contributed by atoms with van der Waals surface area (Å²) in [7, 11) is 1.86. The van der Waals surface area contributed by atoms with E-state index in [0.29, 0.717) is 12.4 Å². The number of benzene rings is 2. The monoisotopic (exact) mass is 375 g/mol. The molecule has 28 heavy (non-hydrogen) atoms. The van der Waals surface area contributed by atoms with Crippen LogP contribution in [0.5, 0.6) is 0 Å². The molecule has 5 nitrogen and oxygen atoms in total. The minimum absolute atomic E-state index is 0.136. The maximum Gasteiger partial charge on any atom is 0.239 e. The standard InChI is InChI=1S/C23H25N3O2/c1-16-23(27)25(3)13-14-26(16)15-21-17(2)28-22(24-21)20-11-9-19(10-12-20)18-7-5-4-6-8-18/h4-12,16H,13-15H2,1-3H3/t16-/m0/s1. The topological polar surface area (TPSA) is 49.6 Å². The molecule has 1 fully saturated rings. The average molecular weight is 375 g/mol. The Bertz CT molecular complexity index is 963. The number of rotatable bonds is 4. The second kappa shape index (κ2) is 7.60. The third-order valence-corrected chi connectivity index (χ3v) is 5.49. The molecular weight excluding hydrogens is 350 g/mol. The van der Waals surface area contributed by atoms with Gasteiger partial charge in [0, 0.05) is 32.2 Å². The van der Waals surface area contributed by atoms with Crippen LogP contribution in [0.25, 0.3) is 22.6 Å². The maximum atomic E-state index is 12.2. The first-order chi connectivity index (χ1) is 13.5. The highest BCUT2D eigenvalue weighted by Crippen LogP contribution is 2.26. The van der Waals surface area contributed by atoms with E-state index in [1.165, 1.54) is 5.56 Å². The van der Waals surface area contributed by atoms with Gasteiger partial charge in [0.2, 0.25) is 11.8 Å². The van der Waals surface area contributed by atoms with Gasteiger partial charge in [0.1, 0.15) is 5.76 Å². The Morgan fingerprint density at radius 3 is 2.36 bits per heavy atom. The predicted octanol–water partition coefficient (Wildman–Crippen LogP) is 3.98. The molecule has 1 saturated heterocycles. The Labute approximate surface area is 165 Å². The predicted molar refractivity (Wildman–Crippen MR) is 110 cm³/mol.